The van der Waals surface area contributed by atoms with Crippen molar-refractivity contribution < 1.29 is 0 Å². The standard InChI is InChI=1S/C12H19N3O.C2H6/c1-2-9-7-11(8-14-12(9)16)15-5-3-10(13)4-6-15;1-2/h7-8,10H,2-6,13H2,1H3,(H,14,16);1-2H3. The highest BCUT2D eigenvalue weighted by Crippen LogP contribution is 2.18. The predicted molar refractivity (Wildman–Crippen MR) is 77.2 cm³/mol. The quantitative estimate of drug-likeness (QED) is 0.843. The average molecular weight is 251 g/mol. The third kappa shape index (κ3) is 3.60. The number of aryl methyl sites for hydroxylation is 1. The number of anilines is 1. The Morgan fingerprint density at radius 1 is 1.39 bits per heavy atom. The largest absolute Gasteiger partial charge is 0.370 e. The van der Waals surface area contributed by atoms with Crippen molar-refractivity contribution in [2.45, 2.75) is 46.1 Å². The number of H-pyrrole nitrogens is 1. The van der Waals surface area contributed by atoms with Gasteiger partial charge in [-0.15, -0.1) is 0 Å². The molecule has 1 aliphatic rings. The van der Waals surface area contributed by atoms with Crippen LogP contribution in [0.1, 0.15) is 39.2 Å². The Morgan fingerprint density at radius 2 is 2.00 bits per heavy atom. The highest BCUT2D eigenvalue weighted by atomic mass is 16.1. The second-order valence-electron chi connectivity index (χ2n) is 4.39. The molecule has 1 aliphatic heterocycles. The van der Waals surface area contributed by atoms with Gasteiger partial charge in [0, 0.05) is 30.9 Å². The summed E-state index contributed by atoms with van der Waals surface area (Å²) >= 11 is 0. The van der Waals surface area contributed by atoms with Crippen LogP contribution in [0.3, 0.4) is 0 Å². The van der Waals surface area contributed by atoms with Crippen LogP contribution in [0, 0.1) is 0 Å². The lowest BCUT2D eigenvalue weighted by Gasteiger charge is -2.31. The SMILES string of the molecule is CC.CCc1cc(N2CCC(N)CC2)c[nH]c1=O. The molecule has 4 heteroatoms. The maximum Gasteiger partial charge on any atom is 0.251 e. The summed E-state index contributed by atoms with van der Waals surface area (Å²) in [5, 5.41) is 0. The van der Waals surface area contributed by atoms with Gasteiger partial charge in [-0.2, -0.15) is 0 Å². The molecule has 4 nitrogen and oxygen atoms in total. The van der Waals surface area contributed by atoms with E-state index in [1.165, 1.54) is 0 Å². The van der Waals surface area contributed by atoms with E-state index in [4.69, 9.17) is 5.73 Å². The fraction of sp³-hybridized carbons (Fsp3) is 0.643. The van der Waals surface area contributed by atoms with Crippen molar-refractivity contribution in [3.8, 4) is 0 Å². The number of rotatable bonds is 2. The lowest BCUT2D eigenvalue weighted by molar-refractivity contribution is 0.501. The van der Waals surface area contributed by atoms with Gasteiger partial charge in [0.15, 0.2) is 0 Å². The molecule has 0 unspecified atom stereocenters. The molecule has 0 radical (unpaired) electrons. The Balaban J connectivity index is 0.000000771. The van der Waals surface area contributed by atoms with E-state index in [2.05, 4.69) is 9.88 Å². The molecule has 0 bridgehead atoms. The zero-order valence-electron chi connectivity index (χ0n) is 11.7. The van der Waals surface area contributed by atoms with E-state index in [1.807, 2.05) is 26.8 Å². The predicted octanol–water partition coefficient (Wildman–Crippen LogP) is 1.89. The zero-order chi connectivity index (χ0) is 13.5. The van der Waals surface area contributed by atoms with E-state index in [1.54, 1.807) is 6.20 Å². The van der Waals surface area contributed by atoms with Gasteiger partial charge in [-0.1, -0.05) is 20.8 Å². The van der Waals surface area contributed by atoms with Gasteiger partial charge in [0.25, 0.3) is 5.56 Å². The lowest BCUT2D eigenvalue weighted by atomic mass is 10.1. The van der Waals surface area contributed by atoms with E-state index in [0.29, 0.717) is 6.04 Å². The molecule has 0 aromatic carbocycles. The molecule has 0 atom stereocenters. The molecular weight excluding hydrogens is 226 g/mol. The summed E-state index contributed by atoms with van der Waals surface area (Å²) in [6.45, 7) is 7.97. The van der Waals surface area contributed by atoms with Gasteiger partial charge >= 0.3 is 0 Å². The summed E-state index contributed by atoms with van der Waals surface area (Å²) < 4.78 is 0. The smallest absolute Gasteiger partial charge is 0.251 e. The van der Waals surface area contributed by atoms with Crippen LogP contribution in [0.5, 0.6) is 0 Å². The Labute approximate surface area is 109 Å². The fourth-order valence-electron chi connectivity index (χ4n) is 2.12. The number of aromatic amines is 1. The summed E-state index contributed by atoms with van der Waals surface area (Å²) in [5.41, 5.74) is 7.87. The summed E-state index contributed by atoms with van der Waals surface area (Å²) in [6, 6.07) is 2.33. The van der Waals surface area contributed by atoms with Crippen LogP contribution in [0.25, 0.3) is 0 Å². The zero-order valence-corrected chi connectivity index (χ0v) is 11.7. The van der Waals surface area contributed by atoms with Crippen LogP contribution in [-0.4, -0.2) is 24.1 Å². The molecule has 1 aromatic rings. The second kappa shape index (κ2) is 7.21. The number of nitrogens with zero attached hydrogens (tertiary/aromatic N) is 1. The molecule has 18 heavy (non-hydrogen) atoms. The minimum Gasteiger partial charge on any atom is -0.370 e. The minimum atomic E-state index is 0.0277. The highest BCUT2D eigenvalue weighted by Gasteiger charge is 2.16. The topological polar surface area (TPSA) is 62.1 Å². The van der Waals surface area contributed by atoms with Crippen molar-refractivity contribution in [2.24, 2.45) is 5.73 Å². The molecule has 0 spiro atoms. The maximum absolute atomic E-state index is 11.4. The molecule has 0 saturated carbocycles. The van der Waals surface area contributed by atoms with Crippen LogP contribution < -0.4 is 16.2 Å². The summed E-state index contributed by atoms with van der Waals surface area (Å²) in [7, 11) is 0. The lowest BCUT2D eigenvalue weighted by Crippen LogP contribution is -2.40. The molecule has 0 aliphatic carbocycles. The van der Waals surface area contributed by atoms with E-state index in [0.717, 1.165) is 43.6 Å². The van der Waals surface area contributed by atoms with Crippen molar-refractivity contribution in [2.75, 3.05) is 18.0 Å². The van der Waals surface area contributed by atoms with Gasteiger partial charge in [0.1, 0.15) is 0 Å². The normalized spacial score (nSPS) is 16.1. The number of piperidine rings is 1. The van der Waals surface area contributed by atoms with Crippen molar-refractivity contribution in [1.82, 2.24) is 4.98 Å². The highest BCUT2D eigenvalue weighted by molar-refractivity contribution is 5.46. The van der Waals surface area contributed by atoms with E-state index >= 15 is 0 Å². The van der Waals surface area contributed by atoms with Gasteiger partial charge in [0.2, 0.25) is 0 Å². The molecule has 1 fully saturated rings. The number of hydrogen-bond donors (Lipinski definition) is 2. The average Bonchev–Trinajstić information content (AvgIpc) is 2.43. The first-order valence-electron chi connectivity index (χ1n) is 6.93. The van der Waals surface area contributed by atoms with E-state index in [-0.39, 0.29) is 5.56 Å². The molecule has 1 saturated heterocycles. The van der Waals surface area contributed by atoms with Crippen molar-refractivity contribution in [3.05, 3.63) is 28.2 Å². The molecule has 1 aromatic heterocycles. The van der Waals surface area contributed by atoms with Gasteiger partial charge in [-0.25, -0.2) is 0 Å². The first-order valence-corrected chi connectivity index (χ1v) is 6.93. The Kier molecular flexibility index (Phi) is 5.92. The molecule has 3 N–H and O–H groups in total. The Morgan fingerprint density at radius 3 is 2.56 bits per heavy atom. The maximum atomic E-state index is 11.4. The Bertz CT molecular complexity index is 406. The van der Waals surface area contributed by atoms with Crippen molar-refractivity contribution >= 4 is 5.69 Å². The summed E-state index contributed by atoms with van der Waals surface area (Å²) in [6.07, 6.45) is 4.63. The van der Waals surface area contributed by atoms with Crippen LogP contribution in [0.15, 0.2) is 17.1 Å². The third-order valence-corrected chi connectivity index (χ3v) is 3.25. The fourth-order valence-corrected chi connectivity index (χ4v) is 2.12. The molecule has 2 heterocycles. The Hall–Kier alpha value is -1.29. The number of nitrogens with two attached hydrogens (primary N) is 1. The van der Waals surface area contributed by atoms with Crippen LogP contribution in [-0.2, 0) is 6.42 Å². The number of nitrogens with one attached hydrogen (secondary N) is 1. The molecule has 102 valence electrons. The first kappa shape index (κ1) is 14.8. The molecule has 2 rings (SSSR count). The number of pyridine rings is 1. The second-order valence-corrected chi connectivity index (χ2v) is 4.39. The van der Waals surface area contributed by atoms with Crippen molar-refractivity contribution in [3.63, 3.8) is 0 Å². The van der Waals surface area contributed by atoms with Crippen LogP contribution in [0.4, 0.5) is 5.69 Å². The monoisotopic (exact) mass is 251 g/mol. The summed E-state index contributed by atoms with van der Waals surface area (Å²) in [5.74, 6) is 0. The minimum absolute atomic E-state index is 0.0277. The van der Waals surface area contributed by atoms with E-state index in [9.17, 15) is 4.79 Å². The number of aromatic nitrogens is 1. The molecule has 0 amide bonds. The number of hydrogen-bond acceptors (Lipinski definition) is 3. The van der Waals surface area contributed by atoms with Gasteiger partial charge in [0.05, 0.1) is 5.69 Å². The third-order valence-electron chi connectivity index (χ3n) is 3.25. The van der Waals surface area contributed by atoms with E-state index < -0.39 is 0 Å². The molecular formula is C14H25N3O. The summed E-state index contributed by atoms with van der Waals surface area (Å²) in [4.78, 5) is 16.5. The van der Waals surface area contributed by atoms with Gasteiger partial charge in [-0.05, 0) is 25.3 Å². The first-order chi connectivity index (χ1) is 8.70. The van der Waals surface area contributed by atoms with Crippen LogP contribution in [0.2, 0.25) is 0 Å². The van der Waals surface area contributed by atoms with Gasteiger partial charge < -0.3 is 15.6 Å². The van der Waals surface area contributed by atoms with Crippen molar-refractivity contribution in [1.29, 1.82) is 0 Å². The van der Waals surface area contributed by atoms with Crippen LogP contribution >= 0.6 is 0 Å². The van der Waals surface area contributed by atoms with Gasteiger partial charge in [-0.3, -0.25) is 4.79 Å².